The summed E-state index contributed by atoms with van der Waals surface area (Å²) in [7, 11) is 0. The maximum atomic E-state index is 12.6. The molecule has 1 aromatic carbocycles. The van der Waals surface area contributed by atoms with Crippen molar-refractivity contribution < 1.29 is 14.0 Å². The van der Waals surface area contributed by atoms with Gasteiger partial charge in [-0.3, -0.25) is 9.59 Å². The summed E-state index contributed by atoms with van der Waals surface area (Å²) in [6.45, 7) is 6.66. The van der Waals surface area contributed by atoms with E-state index < -0.39 is 0 Å². The predicted octanol–water partition coefficient (Wildman–Crippen LogP) is 2.80. The van der Waals surface area contributed by atoms with Gasteiger partial charge in [-0.25, -0.2) is 0 Å². The van der Waals surface area contributed by atoms with Gasteiger partial charge in [0.25, 0.3) is 5.91 Å². The van der Waals surface area contributed by atoms with Gasteiger partial charge in [-0.15, -0.1) is 0 Å². The van der Waals surface area contributed by atoms with Gasteiger partial charge in [0.2, 0.25) is 5.91 Å². The molecule has 27 heavy (non-hydrogen) atoms. The molecule has 2 amide bonds. The zero-order chi connectivity index (χ0) is 19.2. The average molecular weight is 369 g/mol. The summed E-state index contributed by atoms with van der Waals surface area (Å²) in [6, 6.07) is 9.65. The molecule has 6 nitrogen and oxygen atoms in total. The number of furan rings is 1. The first-order valence-electron chi connectivity index (χ1n) is 9.59. The first-order valence-corrected chi connectivity index (χ1v) is 9.59. The molecule has 1 aliphatic rings. The summed E-state index contributed by atoms with van der Waals surface area (Å²) in [4.78, 5) is 28.5. The first kappa shape index (κ1) is 19.0. The van der Waals surface area contributed by atoms with Gasteiger partial charge < -0.3 is 19.5 Å². The van der Waals surface area contributed by atoms with Crippen molar-refractivity contribution in [3.63, 3.8) is 0 Å². The summed E-state index contributed by atoms with van der Waals surface area (Å²) in [5.74, 6) is 0.294. The van der Waals surface area contributed by atoms with Crippen LogP contribution in [-0.4, -0.2) is 54.3 Å². The highest BCUT2D eigenvalue weighted by molar-refractivity contribution is 5.91. The molecular weight excluding hydrogens is 342 g/mol. The van der Waals surface area contributed by atoms with Crippen LogP contribution in [0.2, 0.25) is 0 Å². The van der Waals surface area contributed by atoms with Crippen LogP contribution < -0.4 is 5.32 Å². The first-order chi connectivity index (χ1) is 13.1. The van der Waals surface area contributed by atoms with Crippen LogP contribution in [-0.2, 0) is 17.6 Å². The molecule has 1 aromatic heterocycles. The van der Waals surface area contributed by atoms with E-state index in [-0.39, 0.29) is 18.4 Å². The van der Waals surface area contributed by atoms with Crippen LogP contribution in [0.1, 0.15) is 35.5 Å². The van der Waals surface area contributed by atoms with Gasteiger partial charge in [-0.1, -0.05) is 32.0 Å². The van der Waals surface area contributed by atoms with E-state index in [1.165, 1.54) is 17.4 Å². The molecule has 3 rings (SSSR count). The normalized spacial score (nSPS) is 14.3. The summed E-state index contributed by atoms with van der Waals surface area (Å²) in [5.41, 5.74) is 3.55. The highest BCUT2D eigenvalue weighted by atomic mass is 16.3. The van der Waals surface area contributed by atoms with E-state index in [2.05, 4.69) is 37.4 Å². The molecule has 2 heterocycles. The zero-order valence-corrected chi connectivity index (χ0v) is 16.0. The number of anilines is 1. The lowest BCUT2D eigenvalue weighted by molar-refractivity contribution is -0.130. The zero-order valence-electron chi connectivity index (χ0n) is 16.0. The van der Waals surface area contributed by atoms with Crippen LogP contribution in [0.15, 0.2) is 41.0 Å². The summed E-state index contributed by atoms with van der Waals surface area (Å²) >= 11 is 0. The van der Waals surface area contributed by atoms with Gasteiger partial charge >= 0.3 is 0 Å². The second-order valence-corrected chi connectivity index (χ2v) is 6.66. The minimum Gasteiger partial charge on any atom is -0.459 e. The van der Waals surface area contributed by atoms with Crippen molar-refractivity contribution in [3.05, 3.63) is 53.5 Å². The fourth-order valence-electron chi connectivity index (χ4n) is 3.46. The van der Waals surface area contributed by atoms with Crippen molar-refractivity contribution in [2.75, 3.05) is 38.0 Å². The molecule has 1 N–H and O–H groups in total. The van der Waals surface area contributed by atoms with Crippen molar-refractivity contribution in [3.8, 4) is 0 Å². The van der Waals surface area contributed by atoms with Crippen LogP contribution in [0, 0.1) is 0 Å². The number of hydrogen-bond acceptors (Lipinski definition) is 4. The predicted molar refractivity (Wildman–Crippen MR) is 105 cm³/mol. The second kappa shape index (κ2) is 8.75. The molecule has 6 heteroatoms. The molecule has 0 atom stereocenters. The van der Waals surface area contributed by atoms with Crippen molar-refractivity contribution in [1.82, 2.24) is 9.80 Å². The quantitative estimate of drug-likeness (QED) is 0.850. The van der Waals surface area contributed by atoms with Crippen LogP contribution in [0.4, 0.5) is 5.69 Å². The highest BCUT2D eigenvalue weighted by Gasteiger charge is 2.26. The summed E-state index contributed by atoms with van der Waals surface area (Å²) in [6.07, 6.45) is 3.35. The van der Waals surface area contributed by atoms with E-state index in [0.717, 1.165) is 18.5 Å². The molecule has 0 spiro atoms. The third kappa shape index (κ3) is 4.32. The van der Waals surface area contributed by atoms with E-state index in [1.807, 2.05) is 4.90 Å². The van der Waals surface area contributed by atoms with Gasteiger partial charge in [0.15, 0.2) is 5.76 Å². The summed E-state index contributed by atoms with van der Waals surface area (Å²) < 4.78 is 5.17. The molecule has 0 bridgehead atoms. The van der Waals surface area contributed by atoms with Crippen molar-refractivity contribution in [2.45, 2.75) is 26.7 Å². The monoisotopic (exact) mass is 369 g/mol. The number of rotatable bonds is 6. The average Bonchev–Trinajstić information content (AvgIpc) is 3.26. The van der Waals surface area contributed by atoms with Crippen molar-refractivity contribution in [1.29, 1.82) is 0 Å². The number of nitrogens with zero attached hydrogens (tertiary/aromatic N) is 2. The number of amides is 2. The Morgan fingerprint density at radius 3 is 2.15 bits per heavy atom. The van der Waals surface area contributed by atoms with Gasteiger partial charge in [0, 0.05) is 31.9 Å². The van der Waals surface area contributed by atoms with Crippen LogP contribution in [0.3, 0.4) is 0 Å². The Labute approximate surface area is 160 Å². The van der Waals surface area contributed by atoms with Crippen LogP contribution in [0.5, 0.6) is 0 Å². The second-order valence-electron chi connectivity index (χ2n) is 6.66. The van der Waals surface area contributed by atoms with Gasteiger partial charge in [0.1, 0.15) is 0 Å². The number of carbonyl (C=O) groups excluding carboxylic acids is 2. The minimum absolute atomic E-state index is 0.0630. The van der Waals surface area contributed by atoms with E-state index in [1.54, 1.807) is 17.0 Å². The Balaban J connectivity index is 1.54. The number of piperazine rings is 1. The molecule has 1 fully saturated rings. The fourth-order valence-corrected chi connectivity index (χ4v) is 3.46. The fraction of sp³-hybridized carbons (Fsp3) is 0.429. The number of para-hydroxylation sites is 1. The van der Waals surface area contributed by atoms with Gasteiger partial charge in [-0.2, -0.15) is 0 Å². The highest BCUT2D eigenvalue weighted by Crippen LogP contribution is 2.22. The standard InChI is InChI=1S/C21H27N3O3/c1-3-16-7-5-8-17(4-2)20(16)22-15-19(25)23-10-12-24(13-11-23)21(26)18-9-6-14-27-18/h5-9,14,22H,3-4,10-13,15H2,1-2H3. The minimum atomic E-state index is -0.116. The smallest absolute Gasteiger partial charge is 0.289 e. The number of nitrogens with one attached hydrogen (secondary N) is 1. The van der Waals surface area contributed by atoms with Crippen molar-refractivity contribution in [2.24, 2.45) is 0 Å². The van der Waals surface area contributed by atoms with Crippen LogP contribution >= 0.6 is 0 Å². The maximum absolute atomic E-state index is 12.6. The molecular formula is C21H27N3O3. The lowest BCUT2D eigenvalue weighted by Gasteiger charge is -2.34. The molecule has 0 aliphatic carbocycles. The molecule has 0 radical (unpaired) electrons. The van der Waals surface area contributed by atoms with Crippen LogP contribution in [0.25, 0.3) is 0 Å². The third-order valence-corrected chi connectivity index (χ3v) is 5.07. The number of aryl methyl sites for hydroxylation is 2. The SMILES string of the molecule is CCc1cccc(CC)c1NCC(=O)N1CCN(C(=O)c2ccco2)CC1. The topological polar surface area (TPSA) is 65.8 Å². The third-order valence-electron chi connectivity index (χ3n) is 5.07. The molecule has 0 saturated carbocycles. The van der Waals surface area contributed by atoms with E-state index in [9.17, 15) is 9.59 Å². The van der Waals surface area contributed by atoms with E-state index in [0.29, 0.717) is 31.9 Å². The van der Waals surface area contributed by atoms with Crippen molar-refractivity contribution >= 4 is 17.5 Å². The molecule has 0 unspecified atom stereocenters. The Morgan fingerprint density at radius 1 is 0.963 bits per heavy atom. The lowest BCUT2D eigenvalue weighted by atomic mass is 10.0. The molecule has 144 valence electrons. The molecule has 1 saturated heterocycles. The maximum Gasteiger partial charge on any atom is 0.289 e. The Kier molecular flexibility index (Phi) is 6.16. The van der Waals surface area contributed by atoms with E-state index >= 15 is 0 Å². The Hall–Kier alpha value is -2.76. The Bertz CT molecular complexity index is 756. The number of carbonyl (C=O) groups is 2. The number of hydrogen-bond donors (Lipinski definition) is 1. The largest absolute Gasteiger partial charge is 0.459 e. The lowest BCUT2D eigenvalue weighted by Crippen LogP contribution is -2.51. The Morgan fingerprint density at radius 2 is 1.59 bits per heavy atom. The molecule has 2 aromatic rings. The summed E-state index contributed by atoms with van der Waals surface area (Å²) in [5, 5.41) is 3.35. The molecule has 1 aliphatic heterocycles. The van der Waals surface area contributed by atoms with Gasteiger partial charge in [-0.05, 0) is 36.1 Å². The van der Waals surface area contributed by atoms with E-state index in [4.69, 9.17) is 4.42 Å². The number of benzene rings is 1. The van der Waals surface area contributed by atoms with Gasteiger partial charge in [0.05, 0.1) is 12.8 Å².